The van der Waals surface area contributed by atoms with E-state index in [0.29, 0.717) is 19.6 Å². The Labute approximate surface area is 134 Å². The van der Waals surface area contributed by atoms with Gasteiger partial charge in [0, 0.05) is 32.9 Å². The molecule has 0 spiro atoms. The number of rotatable bonds is 3. The summed E-state index contributed by atoms with van der Waals surface area (Å²) in [7, 11) is 1.68. The van der Waals surface area contributed by atoms with Crippen LogP contribution in [0.1, 0.15) is 32.0 Å². The van der Waals surface area contributed by atoms with Crippen LogP contribution in [-0.2, 0) is 13.1 Å². The lowest BCUT2D eigenvalue weighted by Crippen LogP contribution is -2.36. The Morgan fingerprint density at radius 2 is 1.96 bits per heavy atom. The molecule has 1 aromatic heterocycles. The van der Waals surface area contributed by atoms with Crippen LogP contribution < -0.4 is 5.32 Å². The summed E-state index contributed by atoms with van der Waals surface area (Å²) in [4.78, 5) is 25.9. The summed E-state index contributed by atoms with van der Waals surface area (Å²) in [6, 6.07) is 7.84. The van der Waals surface area contributed by atoms with E-state index >= 15 is 0 Å². The third-order valence-corrected chi connectivity index (χ3v) is 4.10. The summed E-state index contributed by atoms with van der Waals surface area (Å²) in [5.74, 6) is -0.908. The summed E-state index contributed by atoms with van der Waals surface area (Å²) in [6.07, 6.45) is 1.54. The van der Waals surface area contributed by atoms with Gasteiger partial charge in [0.25, 0.3) is 11.8 Å². The predicted molar refractivity (Wildman–Crippen MR) is 85.4 cm³/mol. The Kier molecular flexibility index (Phi) is 3.82. The van der Waals surface area contributed by atoms with Crippen LogP contribution in [0.4, 0.5) is 0 Å². The van der Waals surface area contributed by atoms with Crippen molar-refractivity contribution in [1.29, 1.82) is 0 Å². The molecule has 0 fully saturated rings. The fourth-order valence-electron chi connectivity index (χ4n) is 2.64. The average Bonchev–Trinajstić information content (AvgIpc) is 2.88. The zero-order chi connectivity index (χ0) is 16.6. The topological polar surface area (TPSA) is 74.6 Å². The van der Waals surface area contributed by atoms with Crippen molar-refractivity contribution in [2.45, 2.75) is 20.0 Å². The van der Waals surface area contributed by atoms with Crippen LogP contribution in [0.5, 0.6) is 5.75 Å². The molecule has 0 saturated heterocycles. The maximum absolute atomic E-state index is 12.3. The molecule has 1 aliphatic heterocycles. The molecule has 0 saturated carbocycles. The van der Waals surface area contributed by atoms with Gasteiger partial charge in [-0.05, 0) is 12.5 Å². The monoisotopic (exact) mass is 313 g/mol. The normalized spacial score (nSPS) is 13.8. The molecule has 1 aliphatic rings. The van der Waals surface area contributed by atoms with E-state index in [2.05, 4.69) is 5.32 Å². The molecule has 120 valence electrons. The minimum atomic E-state index is -0.388. The second kappa shape index (κ2) is 5.79. The van der Waals surface area contributed by atoms with Gasteiger partial charge in [0.1, 0.15) is 5.69 Å². The molecule has 2 heterocycles. The third kappa shape index (κ3) is 2.79. The molecule has 2 N–H and O–H groups in total. The zero-order valence-corrected chi connectivity index (χ0v) is 13.2. The number of likely N-dealkylation sites (N-methyl/N-ethyl adjacent to an activating group) is 1. The maximum Gasteiger partial charge on any atom is 0.274 e. The van der Waals surface area contributed by atoms with E-state index in [4.69, 9.17) is 0 Å². The van der Waals surface area contributed by atoms with Crippen molar-refractivity contribution in [1.82, 2.24) is 14.8 Å². The fourth-order valence-corrected chi connectivity index (χ4v) is 2.64. The van der Waals surface area contributed by atoms with Crippen LogP contribution in [-0.4, -0.2) is 40.0 Å². The SMILES string of the molecule is Cc1ccc(CNC(=O)c2cn3c(c2O)C(=O)N(C)CC3)cc1. The Hall–Kier alpha value is -2.76. The number of carbonyl (C=O) groups is 2. The Morgan fingerprint density at radius 3 is 2.65 bits per heavy atom. The first-order chi connectivity index (χ1) is 11.0. The second-order valence-electron chi connectivity index (χ2n) is 5.83. The number of amides is 2. The van der Waals surface area contributed by atoms with E-state index in [1.54, 1.807) is 17.8 Å². The van der Waals surface area contributed by atoms with Gasteiger partial charge < -0.3 is 19.9 Å². The van der Waals surface area contributed by atoms with Crippen LogP contribution in [0.2, 0.25) is 0 Å². The molecular weight excluding hydrogens is 294 g/mol. The van der Waals surface area contributed by atoms with Crippen molar-refractivity contribution >= 4 is 11.8 Å². The zero-order valence-electron chi connectivity index (χ0n) is 13.2. The Morgan fingerprint density at radius 1 is 1.26 bits per heavy atom. The average molecular weight is 313 g/mol. The minimum Gasteiger partial charge on any atom is -0.505 e. The van der Waals surface area contributed by atoms with Gasteiger partial charge in [-0.2, -0.15) is 0 Å². The highest BCUT2D eigenvalue weighted by atomic mass is 16.3. The molecule has 2 amide bonds. The van der Waals surface area contributed by atoms with Crippen molar-refractivity contribution in [3.63, 3.8) is 0 Å². The van der Waals surface area contributed by atoms with E-state index in [-0.39, 0.29) is 28.8 Å². The van der Waals surface area contributed by atoms with Gasteiger partial charge in [0.2, 0.25) is 0 Å². The summed E-state index contributed by atoms with van der Waals surface area (Å²) >= 11 is 0. The molecule has 0 radical (unpaired) electrons. The highest BCUT2D eigenvalue weighted by Crippen LogP contribution is 2.28. The van der Waals surface area contributed by atoms with Gasteiger partial charge >= 0.3 is 0 Å². The first kappa shape index (κ1) is 15.1. The van der Waals surface area contributed by atoms with E-state index in [1.807, 2.05) is 31.2 Å². The number of hydrogen-bond donors (Lipinski definition) is 2. The molecule has 3 rings (SSSR count). The van der Waals surface area contributed by atoms with Gasteiger partial charge in [-0.25, -0.2) is 0 Å². The molecule has 6 heteroatoms. The van der Waals surface area contributed by atoms with Gasteiger partial charge in [0.05, 0.1) is 5.56 Å². The Bertz CT molecular complexity index is 762. The Balaban J connectivity index is 1.77. The highest BCUT2D eigenvalue weighted by molar-refractivity contribution is 6.03. The van der Waals surface area contributed by atoms with Gasteiger partial charge in [-0.3, -0.25) is 9.59 Å². The molecule has 0 bridgehead atoms. The number of aromatic nitrogens is 1. The number of fused-ring (bicyclic) bond motifs is 1. The summed E-state index contributed by atoms with van der Waals surface area (Å²) < 4.78 is 1.64. The van der Waals surface area contributed by atoms with Crippen LogP contribution in [0.25, 0.3) is 0 Å². The van der Waals surface area contributed by atoms with Crippen molar-refractivity contribution in [3.8, 4) is 5.75 Å². The number of nitrogens with one attached hydrogen (secondary N) is 1. The lowest BCUT2D eigenvalue weighted by molar-refractivity contribution is 0.0745. The van der Waals surface area contributed by atoms with Crippen molar-refractivity contribution in [2.24, 2.45) is 0 Å². The maximum atomic E-state index is 12.3. The lowest BCUT2D eigenvalue weighted by Gasteiger charge is -2.24. The summed E-state index contributed by atoms with van der Waals surface area (Å²) in [5, 5.41) is 13.0. The number of benzene rings is 1. The van der Waals surface area contributed by atoms with E-state index in [9.17, 15) is 14.7 Å². The largest absolute Gasteiger partial charge is 0.505 e. The number of carbonyl (C=O) groups excluding carboxylic acids is 2. The van der Waals surface area contributed by atoms with Crippen molar-refractivity contribution in [3.05, 3.63) is 52.8 Å². The second-order valence-corrected chi connectivity index (χ2v) is 5.83. The number of aromatic hydroxyl groups is 1. The first-order valence-corrected chi connectivity index (χ1v) is 7.48. The predicted octanol–water partition coefficient (Wildman–Crippen LogP) is 1.52. The summed E-state index contributed by atoms with van der Waals surface area (Å²) in [5.41, 5.74) is 2.44. The number of aryl methyl sites for hydroxylation is 1. The molecule has 1 aromatic carbocycles. The molecule has 2 aromatic rings. The van der Waals surface area contributed by atoms with Crippen LogP contribution >= 0.6 is 0 Å². The third-order valence-electron chi connectivity index (χ3n) is 4.10. The van der Waals surface area contributed by atoms with Gasteiger partial charge in [-0.15, -0.1) is 0 Å². The van der Waals surface area contributed by atoms with Crippen LogP contribution in [0, 0.1) is 6.92 Å². The number of hydrogen-bond acceptors (Lipinski definition) is 3. The smallest absolute Gasteiger partial charge is 0.274 e. The standard InChI is InChI=1S/C17H19N3O3/c1-11-3-5-12(6-4-11)9-18-16(22)13-10-20-8-7-19(2)17(23)14(20)15(13)21/h3-6,10,21H,7-9H2,1-2H3,(H,18,22). The highest BCUT2D eigenvalue weighted by Gasteiger charge is 2.30. The molecule has 23 heavy (non-hydrogen) atoms. The first-order valence-electron chi connectivity index (χ1n) is 7.48. The summed E-state index contributed by atoms with van der Waals surface area (Å²) in [6.45, 7) is 3.49. The van der Waals surface area contributed by atoms with Gasteiger partial charge in [-0.1, -0.05) is 29.8 Å². The molecular formula is C17H19N3O3. The fraction of sp³-hybridized carbons (Fsp3) is 0.294. The molecule has 0 aliphatic carbocycles. The van der Waals surface area contributed by atoms with Gasteiger partial charge in [0.15, 0.2) is 5.75 Å². The molecule has 0 atom stereocenters. The minimum absolute atomic E-state index is 0.135. The van der Waals surface area contributed by atoms with E-state index in [0.717, 1.165) is 11.1 Å². The number of nitrogens with zero attached hydrogens (tertiary/aromatic N) is 2. The van der Waals surface area contributed by atoms with E-state index in [1.165, 1.54) is 4.90 Å². The molecule has 0 unspecified atom stereocenters. The van der Waals surface area contributed by atoms with E-state index < -0.39 is 0 Å². The molecule has 6 nitrogen and oxygen atoms in total. The van der Waals surface area contributed by atoms with Crippen molar-refractivity contribution in [2.75, 3.05) is 13.6 Å². The van der Waals surface area contributed by atoms with Crippen LogP contribution in [0.15, 0.2) is 30.5 Å². The quantitative estimate of drug-likeness (QED) is 0.902. The lowest BCUT2D eigenvalue weighted by atomic mass is 10.1. The van der Waals surface area contributed by atoms with Crippen LogP contribution in [0.3, 0.4) is 0 Å². The van der Waals surface area contributed by atoms with Crippen molar-refractivity contribution < 1.29 is 14.7 Å².